The van der Waals surface area contributed by atoms with E-state index in [1.165, 1.54) is 11.1 Å². The van der Waals surface area contributed by atoms with Crippen LogP contribution in [0.2, 0.25) is 0 Å². The van der Waals surface area contributed by atoms with Gasteiger partial charge in [-0.1, -0.05) is 59.1 Å². The molecule has 0 aromatic heterocycles. The predicted molar refractivity (Wildman–Crippen MR) is 104 cm³/mol. The van der Waals surface area contributed by atoms with Crippen LogP contribution in [0.1, 0.15) is 49.7 Å². The zero-order valence-electron chi connectivity index (χ0n) is 14.6. The van der Waals surface area contributed by atoms with Crippen LogP contribution in [-0.2, 0) is 11.8 Å². The Bertz CT molecular complexity index is 678. The minimum Gasteiger partial charge on any atom is -0.465 e. The van der Waals surface area contributed by atoms with E-state index in [2.05, 4.69) is 12.1 Å². The molecule has 0 radical (unpaired) electrons. The summed E-state index contributed by atoms with van der Waals surface area (Å²) >= 11 is 17.3. The van der Waals surface area contributed by atoms with Crippen LogP contribution >= 0.6 is 34.8 Å². The van der Waals surface area contributed by atoms with Crippen LogP contribution in [0.5, 0.6) is 0 Å². The molecule has 4 nitrogen and oxygen atoms in total. The molecule has 0 bridgehead atoms. The van der Waals surface area contributed by atoms with Gasteiger partial charge in [-0.25, -0.2) is 4.79 Å². The van der Waals surface area contributed by atoms with E-state index in [4.69, 9.17) is 34.8 Å². The zero-order valence-corrected chi connectivity index (χ0v) is 16.8. The Morgan fingerprint density at radius 1 is 1.15 bits per heavy atom. The third-order valence-electron chi connectivity index (χ3n) is 6.10. The van der Waals surface area contributed by atoms with E-state index in [-0.39, 0.29) is 18.5 Å². The van der Waals surface area contributed by atoms with Crippen LogP contribution in [0.15, 0.2) is 24.3 Å². The normalized spacial score (nSPS) is 28.2. The molecule has 1 amide bonds. The van der Waals surface area contributed by atoms with Crippen LogP contribution in [0.4, 0.5) is 4.79 Å². The molecule has 2 aliphatic rings. The molecule has 0 saturated heterocycles. The molecule has 2 atom stereocenters. The largest absolute Gasteiger partial charge is 0.465 e. The highest BCUT2D eigenvalue weighted by Gasteiger charge is 2.55. The van der Waals surface area contributed by atoms with Crippen LogP contribution in [-0.4, -0.2) is 43.7 Å². The lowest BCUT2D eigenvalue weighted by atomic mass is 9.61. The summed E-state index contributed by atoms with van der Waals surface area (Å²) in [4.78, 5) is 12.6. The van der Waals surface area contributed by atoms with Gasteiger partial charge in [-0.3, -0.25) is 0 Å². The lowest BCUT2D eigenvalue weighted by molar-refractivity contribution is -0.0386. The van der Waals surface area contributed by atoms with Crippen LogP contribution < -0.4 is 0 Å². The number of benzene rings is 1. The van der Waals surface area contributed by atoms with Gasteiger partial charge in [0.25, 0.3) is 0 Å². The maximum atomic E-state index is 11.6. The fourth-order valence-electron chi connectivity index (χ4n) is 4.96. The third-order valence-corrected chi connectivity index (χ3v) is 6.46. The Morgan fingerprint density at radius 3 is 2.54 bits per heavy atom. The van der Waals surface area contributed by atoms with E-state index in [9.17, 15) is 15.0 Å². The van der Waals surface area contributed by atoms with Crippen LogP contribution in [0.3, 0.4) is 0 Å². The van der Waals surface area contributed by atoms with Gasteiger partial charge in [0.2, 0.25) is 3.79 Å². The van der Waals surface area contributed by atoms with E-state index in [1.54, 1.807) is 0 Å². The van der Waals surface area contributed by atoms with Gasteiger partial charge in [0, 0.05) is 12.0 Å². The van der Waals surface area contributed by atoms with Crippen LogP contribution in [0, 0.1) is 0 Å². The second kappa shape index (κ2) is 7.38. The Balaban J connectivity index is 1.84. The molecule has 144 valence electrons. The van der Waals surface area contributed by atoms with Gasteiger partial charge in [0.05, 0.1) is 12.1 Å². The number of rotatable bonds is 4. The molecule has 1 aromatic carbocycles. The van der Waals surface area contributed by atoms with E-state index in [1.807, 2.05) is 12.1 Å². The summed E-state index contributed by atoms with van der Waals surface area (Å²) in [5, 5.41) is 21.0. The number of carboxylic acid groups (broad SMARTS) is 1. The van der Waals surface area contributed by atoms with Gasteiger partial charge in [-0.05, 0) is 56.1 Å². The highest BCUT2D eigenvalue weighted by atomic mass is 35.6. The summed E-state index contributed by atoms with van der Waals surface area (Å²) in [5.41, 5.74) is 1.29. The van der Waals surface area contributed by atoms with Crippen molar-refractivity contribution < 1.29 is 15.0 Å². The van der Waals surface area contributed by atoms with E-state index < -0.39 is 15.5 Å². The van der Waals surface area contributed by atoms with Crippen molar-refractivity contribution >= 4 is 40.9 Å². The summed E-state index contributed by atoms with van der Waals surface area (Å²) < 4.78 is -1.67. The molecular formula is C19H24Cl3NO3. The highest BCUT2D eigenvalue weighted by molar-refractivity contribution is 6.67. The molecule has 7 heteroatoms. The third kappa shape index (κ3) is 3.80. The number of aryl methyl sites for hydroxylation is 1. The lowest BCUT2D eigenvalue weighted by Crippen LogP contribution is -2.51. The molecule has 2 aliphatic carbocycles. The zero-order chi connectivity index (χ0) is 19.0. The smallest absolute Gasteiger partial charge is 0.407 e. The maximum Gasteiger partial charge on any atom is 0.407 e. The second-order valence-corrected chi connectivity index (χ2v) is 10.1. The fourth-order valence-corrected chi connectivity index (χ4v) is 5.39. The van der Waals surface area contributed by atoms with Crippen LogP contribution in [0.25, 0.3) is 0 Å². The molecule has 0 aliphatic heterocycles. The summed E-state index contributed by atoms with van der Waals surface area (Å²) in [6, 6.07) is 8.33. The highest BCUT2D eigenvalue weighted by Crippen LogP contribution is 2.55. The van der Waals surface area contributed by atoms with Gasteiger partial charge in [0.15, 0.2) is 0 Å². The number of hydrogen-bond donors (Lipinski definition) is 2. The minimum absolute atomic E-state index is 0.143. The quantitative estimate of drug-likeness (QED) is 0.680. The number of halogens is 3. The number of fused-ring (bicyclic) bond motifs is 2. The van der Waals surface area contributed by atoms with Gasteiger partial charge in [-0.15, -0.1) is 0 Å². The molecule has 1 fully saturated rings. The summed E-state index contributed by atoms with van der Waals surface area (Å²) in [6.45, 7) is -0.0731. The average Bonchev–Trinajstić information content (AvgIpc) is 2.88. The standard InChI is InChI=1S/C19H24Cl3NO3/c20-19(21,22)13-23(16(24)25)12-11-18(26)10-4-9-17(18)8-3-6-14-5-1-2-7-15(14)17/h1-2,5,7,26H,3-4,6,8-13H2,(H,24,25). The maximum absolute atomic E-state index is 11.6. The molecular weight excluding hydrogens is 397 g/mol. The number of nitrogens with zero attached hydrogens (tertiary/aromatic N) is 1. The molecule has 3 rings (SSSR count). The molecule has 26 heavy (non-hydrogen) atoms. The number of aliphatic hydroxyl groups is 1. The second-order valence-electron chi connectivity index (χ2n) is 7.55. The van der Waals surface area contributed by atoms with Gasteiger partial charge < -0.3 is 15.1 Å². The Hall–Kier alpha value is -0.680. The van der Waals surface area contributed by atoms with Crippen molar-refractivity contribution in [3.05, 3.63) is 35.4 Å². The van der Waals surface area contributed by atoms with Crippen molar-refractivity contribution in [3.63, 3.8) is 0 Å². The fraction of sp³-hybridized carbons (Fsp3) is 0.632. The van der Waals surface area contributed by atoms with Gasteiger partial charge in [-0.2, -0.15) is 0 Å². The SMILES string of the molecule is O=C(O)N(CCC1(O)CCCC12CCCc1ccccc12)CC(Cl)(Cl)Cl. The number of alkyl halides is 3. The van der Waals surface area contributed by atoms with E-state index in [0.717, 1.165) is 37.0 Å². The van der Waals surface area contributed by atoms with Crippen molar-refractivity contribution in [2.75, 3.05) is 13.1 Å². The van der Waals surface area contributed by atoms with Crippen molar-refractivity contribution in [2.45, 2.75) is 59.8 Å². The lowest BCUT2D eigenvalue weighted by Gasteiger charge is -2.47. The first-order chi connectivity index (χ1) is 12.2. The molecule has 1 saturated carbocycles. The molecule has 1 aromatic rings. The van der Waals surface area contributed by atoms with Crippen molar-refractivity contribution in [1.29, 1.82) is 0 Å². The Labute approximate surface area is 169 Å². The minimum atomic E-state index is -1.67. The monoisotopic (exact) mass is 419 g/mol. The average molecular weight is 421 g/mol. The Morgan fingerprint density at radius 2 is 1.85 bits per heavy atom. The summed E-state index contributed by atoms with van der Waals surface area (Å²) in [7, 11) is 0. The first kappa shape index (κ1) is 20.1. The topological polar surface area (TPSA) is 60.8 Å². The summed E-state index contributed by atoms with van der Waals surface area (Å²) in [6.07, 6.45) is 4.73. The molecule has 0 heterocycles. The number of amides is 1. The number of hydrogen-bond acceptors (Lipinski definition) is 2. The van der Waals surface area contributed by atoms with E-state index >= 15 is 0 Å². The summed E-state index contributed by atoms with van der Waals surface area (Å²) in [5.74, 6) is 0. The van der Waals surface area contributed by atoms with Crippen molar-refractivity contribution in [1.82, 2.24) is 4.90 Å². The molecule has 2 N–H and O–H groups in total. The first-order valence-corrected chi connectivity index (χ1v) is 10.2. The Kier molecular flexibility index (Phi) is 5.70. The van der Waals surface area contributed by atoms with Crippen molar-refractivity contribution in [2.24, 2.45) is 0 Å². The predicted octanol–water partition coefficient (Wildman–Crippen LogP) is 4.92. The number of carbonyl (C=O) groups is 1. The van der Waals surface area contributed by atoms with E-state index in [0.29, 0.717) is 12.8 Å². The molecule has 2 unspecified atom stereocenters. The molecule has 1 spiro atoms. The van der Waals surface area contributed by atoms with Crippen molar-refractivity contribution in [3.8, 4) is 0 Å². The van der Waals surface area contributed by atoms with Gasteiger partial charge >= 0.3 is 6.09 Å². The van der Waals surface area contributed by atoms with Gasteiger partial charge in [0.1, 0.15) is 0 Å². The first-order valence-electron chi connectivity index (χ1n) is 9.02.